The number of hydrogen-bond acceptors (Lipinski definition) is 6. The van der Waals surface area contributed by atoms with Crippen LogP contribution in [0.5, 0.6) is 0 Å². The van der Waals surface area contributed by atoms with Crippen LogP contribution in [-0.2, 0) is 22.6 Å². The minimum Gasteiger partial charge on any atom is -0.361 e. The van der Waals surface area contributed by atoms with Gasteiger partial charge in [-0.1, -0.05) is 6.07 Å². The summed E-state index contributed by atoms with van der Waals surface area (Å²) >= 11 is 1.81. The summed E-state index contributed by atoms with van der Waals surface area (Å²) in [5.41, 5.74) is 1.27. The maximum atomic E-state index is 13.9. The zero-order valence-corrected chi connectivity index (χ0v) is 18.4. The summed E-state index contributed by atoms with van der Waals surface area (Å²) in [6.07, 6.45) is 7.20. The average Bonchev–Trinajstić information content (AvgIpc) is 3.37. The maximum absolute atomic E-state index is 13.9. The van der Waals surface area contributed by atoms with Crippen molar-refractivity contribution in [3.63, 3.8) is 0 Å². The number of carbonyl (C=O) groups is 1. The molecule has 2 saturated heterocycles. The molecule has 3 aromatic rings. The number of thiophene rings is 1. The summed E-state index contributed by atoms with van der Waals surface area (Å²) in [4.78, 5) is 29.2. The van der Waals surface area contributed by atoms with Crippen LogP contribution in [0, 0.1) is 6.92 Å². The molecule has 0 aromatic carbocycles. The van der Waals surface area contributed by atoms with Gasteiger partial charge >= 0.3 is 0 Å². The lowest BCUT2D eigenvalue weighted by atomic mass is 9.83. The van der Waals surface area contributed by atoms with Gasteiger partial charge in [-0.2, -0.15) is 0 Å². The van der Waals surface area contributed by atoms with Crippen LogP contribution in [0.2, 0.25) is 0 Å². The van der Waals surface area contributed by atoms with Crippen LogP contribution in [0.25, 0.3) is 0 Å². The highest BCUT2D eigenvalue weighted by atomic mass is 32.1. The van der Waals surface area contributed by atoms with Crippen molar-refractivity contribution in [3.05, 3.63) is 82.1 Å². The number of likely N-dealkylation sites (tertiary alicyclic amines) is 1. The van der Waals surface area contributed by atoms with Crippen molar-refractivity contribution in [2.75, 3.05) is 26.2 Å². The standard InChI is InChI=1S/C24H26N4O2S/c1-18-4-5-21(31-18)15-27-16-22(20-3-2-8-26-13-20)24(17-27)23(29)28(11-12-30-24)14-19-6-9-25-10-7-19/h2-10,13,22H,11-12,14-17H2,1H3. The monoisotopic (exact) mass is 434 g/mol. The third-order valence-corrected chi connectivity index (χ3v) is 7.20. The first kappa shape index (κ1) is 20.3. The largest absolute Gasteiger partial charge is 0.361 e. The molecule has 5 heterocycles. The second kappa shape index (κ2) is 8.49. The van der Waals surface area contributed by atoms with Gasteiger partial charge in [-0.3, -0.25) is 19.7 Å². The molecule has 2 aliphatic rings. The van der Waals surface area contributed by atoms with Crippen molar-refractivity contribution in [1.82, 2.24) is 19.8 Å². The van der Waals surface area contributed by atoms with E-state index in [9.17, 15) is 4.79 Å². The number of ether oxygens (including phenoxy) is 1. The van der Waals surface area contributed by atoms with E-state index < -0.39 is 5.60 Å². The molecule has 0 aliphatic carbocycles. The zero-order chi connectivity index (χ0) is 21.3. The predicted molar refractivity (Wildman–Crippen MR) is 120 cm³/mol. The molecule has 1 spiro atoms. The van der Waals surface area contributed by atoms with Crippen molar-refractivity contribution in [2.45, 2.75) is 31.5 Å². The summed E-state index contributed by atoms with van der Waals surface area (Å²) in [5, 5.41) is 0. The Labute approximate surface area is 186 Å². The van der Waals surface area contributed by atoms with Crippen LogP contribution in [0.15, 0.2) is 61.2 Å². The molecule has 160 valence electrons. The Hall–Kier alpha value is -2.61. The molecule has 6 nitrogen and oxygen atoms in total. The van der Waals surface area contributed by atoms with Crippen LogP contribution in [0.3, 0.4) is 0 Å². The van der Waals surface area contributed by atoms with Crippen LogP contribution in [-0.4, -0.2) is 57.5 Å². The molecule has 7 heteroatoms. The number of pyridine rings is 2. The number of carbonyl (C=O) groups excluding carboxylic acids is 1. The highest BCUT2D eigenvalue weighted by Crippen LogP contribution is 2.42. The Balaban J connectivity index is 1.44. The van der Waals surface area contributed by atoms with E-state index in [1.54, 1.807) is 18.6 Å². The lowest BCUT2D eigenvalue weighted by Gasteiger charge is -2.42. The summed E-state index contributed by atoms with van der Waals surface area (Å²) < 4.78 is 6.38. The SMILES string of the molecule is Cc1ccc(CN2CC(c3cccnc3)C3(C2)OCCN(Cc2ccncc2)C3=O)s1. The molecule has 5 rings (SSSR count). The van der Waals surface area contributed by atoms with Gasteiger partial charge in [0.15, 0.2) is 5.60 Å². The van der Waals surface area contributed by atoms with E-state index in [4.69, 9.17) is 4.74 Å². The van der Waals surface area contributed by atoms with Gasteiger partial charge in [-0.25, -0.2) is 0 Å². The van der Waals surface area contributed by atoms with E-state index in [-0.39, 0.29) is 11.8 Å². The van der Waals surface area contributed by atoms with E-state index in [1.807, 2.05) is 40.6 Å². The van der Waals surface area contributed by atoms with Gasteiger partial charge in [-0.15, -0.1) is 11.3 Å². The fourth-order valence-electron chi connectivity index (χ4n) is 4.77. The van der Waals surface area contributed by atoms with Crippen molar-refractivity contribution in [2.24, 2.45) is 0 Å². The van der Waals surface area contributed by atoms with E-state index in [0.29, 0.717) is 26.2 Å². The lowest BCUT2D eigenvalue weighted by Crippen LogP contribution is -2.59. The molecule has 2 aliphatic heterocycles. The summed E-state index contributed by atoms with van der Waals surface area (Å²) in [7, 11) is 0. The Bertz CT molecular complexity index is 1040. The summed E-state index contributed by atoms with van der Waals surface area (Å²) in [6, 6.07) is 12.3. The molecule has 0 bridgehead atoms. The van der Waals surface area contributed by atoms with E-state index in [2.05, 4.69) is 40.0 Å². The lowest BCUT2D eigenvalue weighted by molar-refractivity contribution is -0.173. The van der Waals surface area contributed by atoms with Crippen molar-refractivity contribution >= 4 is 17.2 Å². The average molecular weight is 435 g/mol. The zero-order valence-electron chi connectivity index (χ0n) is 17.6. The van der Waals surface area contributed by atoms with Crippen LogP contribution in [0.1, 0.15) is 26.8 Å². The van der Waals surface area contributed by atoms with Crippen molar-refractivity contribution in [3.8, 4) is 0 Å². The fourth-order valence-corrected chi connectivity index (χ4v) is 5.70. The number of aryl methyl sites for hydroxylation is 1. The van der Waals surface area contributed by atoms with Crippen LogP contribution < -0.4 is 0 Å². The number of aromatic nitrogens is 2. The van der Waals surface area contributed by atoms with E-state index in [0.717, 1.165) is 24.2 Å². The first-order valence-electron chi connectivity index (χ1n) is 10.6. The molecule has 2 unspecified atom stereocenters. The number of rotatable bonds is 5. The molecular weight excluding hydrogens is 408 g/mol. The number of amides is 1. The highest BCUT2D eigenvalue weighted by molar-refractivity contribution is 7.11. The van der Waals surface area contributed by atoms with Crippen molar-refractivity contribution < 1.29 is 9.53 Å². The molecule has 0 N–H and O–H groups in total. The predicted octanol–water partition coefficient (Wildman–Crippen LogP) is 3.24. The fraction of sp³-hybridized carbons (Fsp3) is 0.375. The van der Waals surface area contributed by atoms with E-state index >= 15 is 0 Å². The van der Waals surface area contributed by atoms with Crippen LogP contribution >= 0.6 is 11.3 Å². The molecule has 2 fully saturated rings. The normalized spacial score (nSPS) is 24.2. The van der Waals surface area contributed by atoms with Gasteiger partial charge in [0.2, 0.25) is 0 Å². The maximum Gasteiger partial charge on any atom is 0.257 e. The van der Waals surface area contributed by atoms with E-state index in [1.165, 1.54) is 9.75 Å². The second-order valence-corrected chi connectivity index (χ2v) is 9.71. The quantitative estimate of drug-likeness (QED) is 0.617. The molecule has 0 radical (unpaired) electrons. The van der Waals surface area contributed by atoms with Gasteiger partial charge in [0, 0.05) is 73.2 Å². The third kappa shape index (κ3) is 4.01. The van der Waals surface area contributed by atoms with Gasteiger partial charge in [0.05, 0.1) is 6.61 Å². The summed E-state index contributed by atoms with van der Waals surface area (Å²) in [6.45, 7) is 6.05. The Morgan fingerprint density at radius 3 is 2.74 bits per heavy atom. The molecule has 2 atom stereocenters. The summed E-state index contributed by atoms with van der Waals surface area (Å²) in [5.74, 6) is 0.0317. The minimum absolute atomic E-state index is 0.0463. The topological polar surface area (TPSA) is 58.6 Å². The molecule has 31 heavy (non-hydrogen) atoms. The number of morpholine rings is 1. The van der Waals surface area contributed by atoms with Crippen LogP contribution in [0.4, 0.5) is 0 Å². The number of hydrogen-bond donors (Lipinski definition) is 0. The van der Waals surface area contributed by atoms with Gasteiger partial charge in [-0.05, 0) is 48.4 Å². The van der Waals surface area contributed by atoms with Gasteiger partial charge in [0.1, 0.15) is 0 Å². The van der Waals surface area contributed by atoms with Gasteiger partial charge in [0.25, 0.3) is 5.91 Å². The second-order valence-electron chi connectivity index (χ2n) is 8.34. The Morgan fingerprint density at radius 2 is 2.00 bits per heavy atom. The minimum atomic E-state index is -0.874. The molecule has 3 aromatic heterocycles. The Morgan fingerprint density at radius 1 is 1.13 bits per heavy atom. The first-order valence-corrected chi connectivity index (χ1v) is 11.5. The number of nitrogens with zero attached hydrogens (tertiary/aromatic N) is 4. The molecule has 0 saturated carbocycles. The first-order chi connectivity index (χ1) is 15.1. The third-order valence-electron chi connectivity index (χ3n) is 6.22. The highest BCUT2D eigenvalue weighted by Gasteiger charge is 2.57. The van der Waals surface area contributed by atoms with Gasteiger partial charge < -0.3 is 9.64 Å². The Kier molecular flexibility index (Phi) is 5.56. The molecule has 1 amide bonds. The van der Waals surface area contributed by atoms with Crippen molar-refractivity contribution in [1.29, 1.82) is 0 Å². The smallest absolute Gasteiger partial charge is 0.257 e. The molecular formula is C24H26N4O2S.